The maximum absolute atomic E-state index is 12.8. The first-order valence-corrected chi connectivity index (χ1v) is 6.75. The van der Waals surface area contributed by atoms with Crippen LogP contribution in [-0.4, -0.2) is 39.9 Å². The van der Waals surface area contributed by atoms with Gasteiger partial charge in [0.25, 0.3) is 0 Å². The molecular weight excluding hydrogens is 271 g/mol. The molecule has 5 nitrogen and oxygen atoms in total. The van der Waals surface area contributed by atoms with Crippen molar-refractivity contribution in [2.45, 2.75) is 12.5 Å². The van der Waals surface area contributed by atoms with Crippen molar-refractivity contribution in [3.05, 3.63) is 54.2 Å². The van der Waals surface area contributed by atoms with Crippen LogP contribution in [0.5, 0.6) is 0 Å². The fourth-order valence-corrected chi connectivity index (χ4v) is 2.25. The summed E-state index contributed by atoms with van der Waals surface area (Å²) < 4.78 is 12.8. The summed E-state index contributed by atoms with van der Waals surface area (Å²) in [5.41, 5.74) is 0.827. The van der Waals surface area contributed by atoms with Crippen LogP contribution < -0.4 is 5.32 Å². The summed E-state index contributed by atoms with van der Waals surface area (Å²) >= 11 is 0. The third-order valence-electron chi connectivity index (χ3n) is 3.44. The first-order valence-electron chi connectivity index (χ1n) is 6.75. The molecule has 1 saturated heterocycles. The molecular formula is C15H15FN4O. The van der Waals surface area contributed by atoms with Gasteiger partial charge in [-0.1, -0.05) is 12.1 Å². The van der Waals surface area contributed by atoms with Gasteiger partial charge in [0.15, 0.2) is 0 Å². The predicted octanol–water partition coefficient (Wildman–Crippen LogP) is 1.48. The van der Waals surface area contributed by atoms with Gasteiger partial charge in [-0.15, -0.1) is 0 Å². The minimum absolute atomic E-state index is 0.0577. The summed E-state index contributed by atoms with van der Waals surface area (Å²) in [6.07, 6.45) is 3.46. The number of likely N-dealkylation sites (tertiary alicyclic amines) is 1. The summed E-state index contributed by atoms with van der Waals surface area (Å²) in [7, 11) is 0. The summed E-state index contributed by atoms with van der Waals surface area (Å²) in [6, 6.07) is 8.05. The molecule has 1 aromatic carbocycles. The number of halogens is 1. The molecule has 1 aliphatic heterocycles. The molecule has 1 aliphatic rings. The molecule has 1 N–H and O–H groups in total. The van der Waals surface area contributed by atoms with Crippen molar-refractivity contribution < 1.29 is 9.18 Å². The molecule has 0 saturated carbocycles. The summed E-state index contributed by atoms with van der Waals surface area (Å²) in [5, 5.41) is 3.24. The van der Waals surface area contributed by atoms with Gasteiger partial charge in [-0.25, -0.2) is 14.4 Å². The fraction of sp³-hybridized carbons (Fsp3) is 0.267. The van der Waals surface area contributed by atoms with E-state index in [1.807, 2.05) is 0 Å². The number of carbonyl (C=O) groups excluding carboxylic acids is 1. The maximum Gasteiger partial charge on any atom is 0.227 e. The fourth-order valence-electron chi connectivity index (χ4n) is 2.25. The van der Waals surface area contributed by atoms with E-state index in [4.69, 9.17) is 0 Å². The number of anilines is 1. The van der Waals surface area contributed by atoms with Crippen molar-refractivity contribution in [3.8, 4) is 0 Å². The minimum Gasteiger partial charge on any atom is -0.364 e. The number of nitrogens with zero attached hydrogens (tertiary/aromatic N) is 3. The Morgan fingerprint density at radius 3 is 2.71 bits per heavy atom. The normalized spacial score (nSPS) is 14.6. The number of nitrogens with one attached hydrogen (secondary N) is 1. The molecule has 3 rings (SSSR count). The van der Waals surface area contributed by atoms with Crippen LogP contribution in [0.1, 0.15) is 5.56 Å². The lowest BCUT2D eigenvalue weighted by atomic mass is 10.1. The second-order valence-corrected chi connectivity index (χ2v) is 5.04. The quantitative estimate of drug-likeness (QED) is 0.925. The lowest BCUT2D eigenvalue weighted by molar-refractivity contribution is -0.134. The van der Waals surface area contributed by atoms with E-state index >= 15 is 0 Å². The third-order valence-corrected chi connectivity index (χ3v) is 3.44. The van der Waals surface area contributed by atoms with Crippen molar-refractivity contribution in [3.63, 3.8) is 0 Å². The summed E-state index contributed by atoms with van der Waals surface area (Å²) in [5.74, 6) is 0.534. The topological polar surface area (TPSA) is 58.1 Å². The molecule has 0 unspecified atom stereocenters. The van der Waals surface area contributed by atoms with Gasteiger partial charge in [0.05, 0.1) is 12.5 Å². The third kappa shape index (κ3) is 3.34. The highest BCUT2D eigenvalue weighted by atomic mass is 19.1. The Hall–Kier alpha value is -2.50. The monoisotopic (exact) mass is 286 g/mol. The van der Waals surface area contributed by atoms with E-state index in [-0.39, 0.29) is 17.8 Å². The molecule has 2 heterocycles. The maximum atomic E-state index is 12.8. The van der Waals surface area contributed by atoms with Crippen molar-refractivity contribution >= 4 is 11.7 Å². The SMILES string of the molecule is O=C(Cc1ccc(F)cc1)N1CC(Nc2ccncn2)C1. The zero-order valence-electron chi connectivity index (χ0n) is 11.4. The number of hydrogen-bond donors (Lipinski definition) is 1. The zero-order chi connectivity index (χ0) is 14.7. The van der Waals surface area contributed by atoms with Crippen LogP contribution in [0.25, 0.3) is 0 Å². The highest BCUT2D eigenvalue weighted by molar-refractivity contribution is 5.79. The molecule has 0 aliphatic carbocycles. The highest BCUT2D eigenvalue weighted by Crippen LogP contribution is 2.15. The van der Waals surface area contributed by atoms with Crippen LogP contribution in [0, 0.1) is 5.82 Å². The van der Waals surface area contributed by atoms with Gasteiger partial charge in [-0.3, -0.25) is 4.79 Å². The second-order valence-electron chi connectivity index (χ2n) is 5.04. The molecule has 0 radical (unpaired) electrons. The van der Waals surface area contributed by atoms with Crippen LogP contribution >= 0.6 is 0 Å². The van der Waals surface area contributed by atoms with E-state index in [0.717, 1.165) is 11.4 Å². The molecule has 1 aromatic heterocycles. The standard InChI is InChI=1S/C15H15FN4O/c16-12-3-1-11(2-4-12)7-15(21)20-8-13(9-20)19-14-5-6-17-10-18-14/h1-6,10,13H,7-9H2,(H,17,18,19). The molecule has 6 heteroatoms. The van der Waals surface area contributed by atoms with Gasteiger partial charge >= 0.3 is 0 Å². The Morgan fingerprint density at radius 2 is 2.05 bits per heavy atom. The Balaban J connectivity index is 1.47. The van der Waals surface area contributed by atoms with Gasteiger partial charge in [0.1, 0.15) is 18.0 Å². The number of rotatable bonds is 4. The van der Waals surface area contributed by atoms with Crippen molar-refractivity contribution in [2.24, 2.45) is 0 Å². The van der Waals surface area contributed by atoms with E-state index in [2.05, 4.69) is 15.3 Å². The largest absolute Gasteiger partial charge is 0.364 e. The molecule has 0 bridgehead atoms. The predicted molar refractivity (Wildman–Crippen MR) is 76.1 cm³/mol. The van der Waals surface area contributed by atoms with Crippen molar-refractivity contribution in [1.29, 1.82) is 0 Å². The zero-order valence-corrected chi connectivity index (χ0v) is 11.4. The lowest BCUT2D eigenvalue weighted by Crippen LogP contribution is -2.57. The minimum atomic E-state index is -0.288. The average Bonchev–Trinajstić information content (AvgIpc) is 2.46. The van der Waals surface area contributed by atoms with Gasteiger partial charge in [-0.2, -0.15) is 0 Å². The second kappa shape index (κ2) is 5.87. The number of amides is 1. The Kier molecular flexibility index (Phi) is 3.77. The van der Waals surface area contributed by atoms with Crippen LogP contribution in [0.3, 0.4) is 0 Å². The number of carbonyl (C=O) groups is 1. The average molecular weight is 286 g/mol. The number of benzene rings is 1. The van der Waals surface area contributed by atoms with Gasteiger partial charge in [-0.05, 0) is 23.8 Å². The van der Waals surface area contributed by atoms with Gasteiger partial charge in [0.2, 0.25) is 5.91 Å². The van der Waals surface area contributed by atoms with Crippen LogP contribution in [0.4, 0.5) is 10.2 Å². The van der Waals surface area contributed by atoms with E-state index in [9.17, 15) is 9.18 Å². The number of aromatic nitrogens is 2. The van der Waals surface area contributed by atoms with Crippen LogP contribution in [0.2, 0.25) is 0 Å². The van der Waals surface area contributed by atoms with Crippen molar-refractivity contribution in [2.75, 3.05) is 18.4 Å². The molecule has 1 fully saturated rings. The van der Waals surface area contributed by atoms with Crippen molar-refractivity contribution in [1.82, 2.24) is 14.9 Å². The van der Waals surface area contributed by atoms with Crippen LogP contribution in [0.15, 0.2) is 42.9 Å². The number of hydrogen-bond acceptors (Lipinski definition) is 4. The van der Waals surface area contributed by atoms with Crippen LogP contribution in [-0.2, 0) is 11.2 Å². The lowest BCUT2D eigenvalue weighted by Gasteiger charge is -2.39. The molecule has 2 aromatic rings. The highest BCUT2D eigenvalue weighted by Gasteiger charge is 2.30. The molecule has 21 heavy (non-hydrogen) atoms. The van der Waals surface area contributed by atoms with E-state index in [1.54, 1.807) is 29.3 Å². The summed E-state index contributed by atoms with van der Waals surface area (Å²) in [4.78, 5) is 21.8. The Bertz CT molecular complexity index is 611. The first-order chi connectivity index (χ1) is 10.2. The first kappa shape index (κ1) is 13.5. The molecule has 108 valence electrons. The van der Waals surface area contributed by atoms with E-state index in [0.29, 0.717) is 19.5 Å². The summed E-state index contributed by atoms with van der Waals surface area (Å²) in [6.45, 7) is 1.31. The van der Waals surface area contributed by atoms with Gasteiger partial charge < -0.3 is 10.2 Å². The Labute approximate surface area is 121 Å². The van der Waals surface area contributed by atoms with E-state index < -0.39 is 0 Å². The molecule has 1 amide bonds. The molecule has 0 atom stereocenters. The Morgan fingerprint density at radius 1 is 1.29 bits per heavy atom. The van der Waals surface area contributed by atoms with Gasteiger partial charge in [0, 0.05) is 19.3 Å². The smallest absolute Gasteiger partial charge is 0.227 e. The molecule has 0 spiro atoms. The van der Waals surface area contributed by atoms with E-state index in [1.165, 1.54) is 18.5 Å².